The zero-order chi connectivity index (χ0) is 17.7. The largest absolute Gasteiger partial charge is 0.385 e. The van der Waals surface area contributed by atoms with Gasteiger partial charge in [0.25, 0.3) is 10.0 Å². The maximum absolute atomic E-state index is 13.1. The topological polar surface area (TPSA) is 62.1 Å². The number of anilines is 1. The summed E-state index contributed by atoms with van der Waals surface area (Å²) in [6, 6.07) is 15.6. The van der Waals surface area contributed by atoms with Gasteiger partial charge in [-0.2, -0.15) is 0 Å². The number of aliphatic hydroxyl groups is 1. The van der Waals surface area contributed by atoms with Crippen molar-refractivity contribution in [3.05, 3.63) is 60.2 Å². The number of benzene rings is 2. The Labute approximate surface area is 144 Å². The number of aliphatic hydroxyl groups excluding tert-OH is 1. The van der Waals surface area contributed by atoms with Crippen LogP contribution in [0.15, 0.2) is 59.5 Å². The van der Waals surface area contributed by atoms with Gasteiger partial charge in [0.15, 0.2) is 0 Å². The summed E-state index contributed by atoms with van der Waals surface area (Å²) in [6.45, 7) is 2.40. The van der Waals surface area contributed by atoms with Gasteiger partial charge in [-0.3, -0.25) is 4.31 Å². The highest BCUT2D eigenvalue weighted by Gasteiger charge is 2.27. The van der Waals surface area contributed by atoms with Crippen LogP contribution < -0.4 is 9.21 Å². The molecule has 0 radical (unpaired) electrons. The molecule has 6 heteroatoms. The third-order valence-electron chi connectivity index (χ3n) is 3.64. The Bertz CT molecular complexity index is 761. The van der Waals surface area contributed by atoms with E-state index in [-0.39, 0.29) is 11.4 Å². The monoisotopic (exact) mass is 349 g/mol. The number of quaternary nitrogens is 1. The molecule has 0 aliphatic heterocycles. The van der Waals surface area contributed by atoms with Gasteiger partial charge < -0.3 is 10.0 Å². The van der Waals surface area contributed by atoms with Gasteiger partial charge in [-0.25, -0.2) is 8.42 Å². The first kappa shape index (κ1) is 18.4. The minimum absolute atomic E-state index is 0.0197. The number of hydrogen-bond donors (Lipinski definition) is 2. The highest BCUT2D eigenvalue weighted by atomic mass is 32.2. The third-order valence-corrected chi connectivity index (χ3v) is 5.45. The Hall–Kier alpha value is -1.89. The predicted molar refractivity (Wildman–Crippen MR) is 95.8 cm³/mol. The van der Waals surface area contributed by atoms with Crippen molar-refractivity contribution in [1.29, 1.82) is 0 Å². The lowest BCUT2D eigenvalue weighted by Crippen LogP contribution is -3.07. The molecule has 1 atom stereocenters. The molecule has 0 spiro atoms. The van der Waals surface area contributed by atoms with Gasteiger partial charge in [-0.05, 0) is 36.8 Å². The molecule has 2 aromatic rings. The van der Waals surface area contributed by atoms with E-state index in [9.17, 15) is 13.5 Å². The van der Waals surface area contributed by atoms with Crippen molar-refractivity contribution < 1.29 is 18.4 Å². The number of nitrogens with zero attached hydrogens (tertiary/aromatic N) is 1. The van der Waals surface area contributed by atoms with Crippen LogP contribution in [0.1, 0.15) is 5.56 Å². The van der Waals surface area contributed by atoms with Gasteiger partial charge in [0.1, 0.15) is 12.6 Å². The second-order valence-electron chi connectivity index (χ2n) is 6.25. The van der Waals surface area contributed by atoms with Crippen LogP contribution in [0.3, 0.4) is 0 Å². The van der Waals surface area contributed by atoms with Gasteiger partial charge in [0.05, 0.1) is 31.2 Å². The molecule has 0 unspecified atom stereocenters. The van der Waals surface area contributed by atoms with E-state index in [0.717, 1.165) is 10.5 Å². The first-order chi connectivity index (χ1) is 11.3. The fourth-order valence-electron chi connectivity index (χ4n) is 2.57. The summed E-state index contributed by atoms with van der Waals surface area (Å²) in [5.41, 5.74) is 1.53. The lowest BCUT2D eigenvalue weighted by Gasteiger charge is -2.27. The summed E-state index contributed by atoms with van der Waals surface area (Å²) in [5.74, 6) is 0. The molecule has 0 amide bonds. The van der Waals surface area contributed by atoms with Crippen molar-refractivity contribution >= 4 is 15.7 Å². The molecule has 24 heavy (non-hydrogen) atoms. The Morgan fingerprint density at radius 3 is 2.33 bits per heavy atom. The van der Waals surface area contributed by atoms with Crippen LogP contribution in [0.4, 0.5) is 5.69 Å². The molecule has 0 bridgehead atoms. The Morgan fingerprint density at radius 2 is 1.75 bits per heavy atom. The van der Waals surface area contributed by atoms with E-state index in [1.54, 1.807) is 36.4 Å². The van der Waals surface area contributed by atoms with E-state index in [1.807, 2.05) is 39.2 Å². The zero-order valence-electron chi connectivity index (χ0n) is 14.3. The number of likely N-dealkylation sites (N-methyl/N-ethyl adjacent to an activating group) is 1. The molecular formula is C18H25N2O3S+. The summed E-state index contributed by atoms with van der Waals surface area (Å²) in [7, 11) is 0.107. The third kappa shape index (κ3) is 4.56. The van der Waals surface area contributed by atoms with Crippen LogP contribution in [0.2, 0.25) is 0 Å². The van der Waals surface area contributed by atoms with E-state index >= 15 is 0 Å². The van der Waals surface area contributed by atoms with Gasteiger partial charge in [0, 0.05) is 0 Å². The van der Waals surface area contributed by atoms with E-state index < -0.39 is 16.1 Å². The van der Waals surface area contributed by atoms with Crippen LogP contribution >= 0.6 is 0 Å². The lowest BCUT2D eigenvalue weighted by molar-refractivity contribution is -0.861. The standard InChI is InChI=1S/C18H24N2O3S/c1-15-8-7-9-16(12-15)20(14-17(21)13-19(2)3)24(22,23)18-10-5-4-6-11-18/h4-12,17,21H,13-14H2,1-3H3/p+1/t17-/m1/s1. The highest BCUT2D eigenvalue weighted by Crippen LogP contribution is 2.24. The van der Waals surface area contributed by atoms with Crippen molar-refractivity contribution in [2.45, 2.75) is 17.9 Å². The van der Waals surface area contributed by atoms with E-state index in [4.69, 9.17) is 0 Å². The van der Waals surface area contributed by atoms with Crippen molar-refractivity contribution in [3.8, 4) is 0 Å². The minimum Gasteiger partial charge on any atom is -0.385 e. The van der Waals surface area contributed by atoms with Crippen LogP contribution in [0.25, 0.3) is 0 Å². The first-order valence-electron chi connectivity index (χ1n) is 7.92. The summed E-state index contributed by atoms with van der Waals surface area (Å²) in [4.78, 5) is 1.28. The SMILES string of the molecule is Cc1cccc(N(C[C@H](O)C[NH+](C)C)S(=O)(=O)c2ccccc2)c1. The van der Waals surface area contributed by atoms with E-state index in [2.05, 4.69) is 0 Å². The molecule has 2 rings (SSSR count). The molecule has 0 aliphatic carbocycles. The van der Waals surface area contributed by atoms with Gasteiger partial charge in [-0.15, -0.1) is 0 Å². The quantitative estimate of drug-likeness (QED) is 0.773. The van der Waals surface area contributed by atoms with Crippen molar-refractivity contribution in [3.63, 3.8) is 0 Å². The number of hydrogen-bond acceptors (Lipinski definition) is 3. The molecule has 0 aliphatic rings. The second-order valence-corrected chi connectivity index (χ2v) is 8.12. The normalized spacial score (nSPS) is 13.0. The van der Waals surface area contributed by atoms with Crippen LogP contribution in [0, 0.1) is 6.92 Å². The molecule has 130 valence electrons. The second kappa shape index (κ2) is 7.79. The molecule has 0 saturated carbocycles. The minimum atomic E-state index is -3.74. The lowest BCUT2D eigenvalue weighted by atomic mass is 10.2. The smallest absolute Gasteiger partial charge is 0.264 e. The first-order valence-corrected chi connectivity index (χ1v) is 9.36. The highest BCUT2D eigenvalue weighted by molar-refractivity contribution is 7.92. The summed E-state index contributed by atoms with van der Waals surface area (Å²) in [6.07, 6.45) is -0.756. The fraction of sp³-hybridized carbons (Fsp3) is 0.333. The number of rotatable bonds is 7. The van der Waals surface area contributed by atoms with Crippen molar-refractivity contribution in [1.82, 2.24) is 0 Å². The van der Waals surface area contributed by atoms with E-state index in [1.165, 1.54) is 4.31 Å². The number of sulfonamides is 1. The molecule has 0 fully saturated rings. The fourth-order valence-corrected chi connectivity index (χ4v) is 4.09. The van der Waals surface area contributed by atoms with Crippen LogP contribution in [0.5, 0.6) is 0 Å². The summed E-state index contributed by atoms with van der Waals surface area (Å²) >= 11 is 0. The molecule has 0 heterocycles. The predicted octanol–water partition coefficient (Wildman–Crippen LogP) is 0.696. The average Bonchev–Trinajstić information content (AvgIpc) is 2.52. The Balaban J connectivity index is 2.43. The Kier molecular flexibility index (Phi) is 5.99. The average molecular weight is 349 g/mol. The molecule has 0 aromatic heterocycles. The summed E-state index contributed by atoms with van der Waals surface area (Å²) < 4.78 is 27.4. The molecule has 5 nitrogen and oxygen atoms in total. The van der Waals surface area contributed by atoms with E-state index in [0.29, 0.717) is 12.2 Å². The summed E-state index contributed by atoms with van der Waals surface area (Å²) in [5, 5.41) is 10.3. The maximum atomic E-state index is 13.1. The zero-order valence-corrected chi connectivity index (χ0v) is 15.1. The van der Waals surface area contributed by atoms with Crippen molar-refractivity contribution in [2.75, 3.05) is 31.5 Å². The molecular weight excluding hydrogens is 324 g/mol. The molecule has 0 saturated heterocycles. The molecule has 2 N–H and O–H groups in total. The van der Waals surface area contributed by atoms with Crippen LogP contribution in [-0.2, 0) is 10.0 Å². The number of nitrogens with one attached hydrogen (secondary N) is 1. The molecule has 2 aromatic carbocycles. The number of aryl methyl sites for hydroxylation is 1. The maximum Gasteiger partial charge on any atom is 0.264 e. The van der Waals surface area contributed by atoms with Gasteiger partial charge >= 0.3 is 0 Å². The Morgan fingerprint density at radius 1 is 1.08 bits per heavy atom. The van der Waals surface area contributed by atoms with Gasteiger partial charge in [-0.1, -0.05) is 30.3 Å². The van der Waals surface area contributed by atoms with Crippen molar-refractivity contribution in [2.24, 2.45) is 0 Å². The van der Waals surface area contributed by atoms with Gasteiger partial charge in [0.2, 0.25) is 0 Å². The van der Waals surface area contributed by atoms with Crippen LogP contribution in [-0.4, -0.2) is 46.8 Å².